The van der Waals surface area contributed by atoms with Crippen LogP contribution in [0, 0.1) is 26.7 Å². The van der Waals surface area contributed by atoms with E-state index < -0.39 is 0 Å². The second kappa shape index (κ2) is 8.28. The Hall–Kier alpha value is -2.18. The van der Waals surface area contributed by atoms with Gasteiger partial charge in [0.05, 0.1) is 11.8 Å². The van der Waals surface area contributed by atoms with Crippen LogP contribution in [-0.4, -0.2) is 52.4 Å². The first kappa shape index (κ1) is 20.1. The number of aryl methyl sites for hydroxylation is 3. The maximum atomic E-state index is 13.2. The summed E-state index contributed by atoms with van der Waals surface area (Å²) in [4.78, 5) is 15.2. The summed E-state index contributed by atoms with van der Waals surface area (Å²) < 4.78 is 7.86. The fourth-order valence-electron chi connectivity index (χ4n) is 4.76. The van der Waals surface area contributed by atoms with Crippen molar-refractivity contribution in [3.8, 4) is 5.69 Å². The minimum atomic E-state index is 0.0148. The van der Waals surface area contributed by atoms with Crippen LogP contribution in [0.1, 0.15) is 53.0 Å². The van der Waals surface area contributed by atoms with E-state index in [-0.39, 0.29) is 18.1 Å². The number of amides is 1. The Labute approximate surface area is 173 Å². The van der Waals surface area contributed by atoms with E-state index in [2.05, 4.69) is 37.1 Å². The summed E-state index contributed by atoms with van der Waals surface area (Å²) in [6.07, 6.45) is 4.09. The van der Waals surface area contributed by atoms with Gasteiger partial charge in [-0.15, -0.1) is 0 Å². The molecule has 0 aliphatic carbocycles. The van der Waals surface area contributed by atoms with Crippen LogP contribution in [0.3, 0.4) is 0 Å². The minimum Gasteiger partial charge on any atom is -0.378 e. The topological polar surface area (TPSA) is 73.4 Å². The number of carbonyl (C=O) groups is 1. The molecule has 2 fully saturated rings. The first-order valence-electron chi connectivity index (χ1n) is 10.7. The zero-order valence-corrected chi connectivity index (χ0v) is 17.7. The van der Waals surface area contributed by atoms with E-state index in [1.165, 1.54) is 11.1 Å². The Balaban J connectivity index is 1.50. The van der Waals surface area contributed by atoms with E-state index in [0.717, 1.165) is 56.8 Å². The second-order valence-corrected chi connectivity index (χ2v) is 8.78. The summed E-state index contributed by atoms with van der Waals surface area (Å²) in [6.45, 7) is 8.39. The van der Waals surface area contributed by atoms with Crippen LogP contribution in [0.15, 0.2) is 24.3 Å². The molecule has 6 nitrogen and oxygen atoms in total. The molecule has 1 aromatic heterocycles. The van der Waals surface area contributed by atoms with Crippen molar-refractivity contribution in [2.24, 2.45) is 11.7 Å². The monoisotopic (exact) mass is 396 g/mol. The average Bonchev–Trinajstić information content (AvgIpc) is 3.08. The summed E-state index contributed by atoms with van der Waals surface area (Å²) in [6, 6.07) is 8.46. The van der Waals surface area contributed by atoms with Gasteiger partial charge < -0.3 is 15.4 Å². The molecule has 3 unspecified atom stereocenters. The lowest BCUT2D eigenvalue weighted by Gasteiger charge is -2.39. The van der Waals surface area contributed by atoms with Crippen molar-refractivity contribution in [2.45, 2.75) is 58.6 Å². The van der Waals surface area contributed by atoms with Gasteiger partial charge in [-0.1, -0.05) is 6.07 Å². The van der Waals surface area contributed by atoms with E-state index in [0.29, 0.717) is 11.6 Å². The zero-order chi connectivity index (χ0) is 20.5. The van der Waals surface area contributed by atoms with Gasteiger partial charge in [-0.05, 0) is 75.8 Å². The van der Waals surface area contributed by atoms with E-state index in [1.807, 2.05) is 22.6 Å². The molecule has 1 amide bonds. The Morgan fingerprint density at radius 3 is 2.62 bits per heavy atom. The largest absolute Gasteiger partial charge is 0.378 e. The van der Waals surface area contributed by atoms with Crippen LogP contribution in [0.5, 0.6) is 0 Å². The third-order valence-electron chi connectivity index (χ3n) is 6.18. The minimum absolute atomic E-state index is 0.0148. The van der Waals surface area contributed by atoms with Gasteiger partial charge in [0.2, 0.25) is 0 Å². The first-order valence-corrected chi connectivity index (χ1v) is 10.7. The Bertz CT molecular complexity index is 871. The SMILES string of the molecule is Cc1cc(C)cc(-n2nc(C(=O)N3CCCC(C4CC(N)CCO4)C3)cc2C)c1. The number of likely N-dealkylation sites (tertiary alicyclic amines) is 1. The molecule has 3 atom stereocenters. The third kappa shape index (κ3) is 4.38. The molecule has 2 aliphatic rings. The molecule has 2 aromatic rings. The zero-order valence-electron chi connectivity index (χ0n) is 17.7. The third-order valence-corrected chi connectivity index (χ3v) is 6.18. The number of benzene rings is 1. The molecule has 3 heterocycles. The number of carbonyl (C=O) groups excluding carboxylic acids is 1. The summed E-state index contributed by atoms with van der Waals surface area (Å²) in [5, 5.41) is 4.66. The van der Waals surface area contributed by atoms with Gasteiger partial charge in [-0.25, -0.2) is 4.68 Å². The Morgan fingerprint density at radius 1 is 1.14 bits per heavy atom. The Morgan fingerprint density at radius 2 is 1.90 bits per heavy atom. The standard InChI is InChI=1S/C23H32N4O2/c1-15-9-16(2)11-20(10-15)27-17(3)12-21(25-27)23(28)26-7-4-5-18(14-26)22-13-19(24)6-8-29-22/h9-12,18-19,22H,4-8,13-14,24H2,1-3H3. The molecule has 0 spiro atoms. The first-order chi connectivity index (χ1) is 13.9. The smallest absolute Gasteiger partial charge is 0.274 e. The van der Waals surface area contributed by atoms with E-state index in [9.17, 15) is 4.79 Å². The van der Waals surface area contributed by atoms with Crippen LogP contribution in [0.4, 0.5) is 0 Å². The van der Waals surface area contributed by atoms with E-state index in [4.69, 9.17) is 10.5 Å². The number of aromatic nitrogens is 2. The molecule has 2 N–H and O–H groups in total. The fourth-order valence-corrected chi connectivity index (χ4v) is 4.76. The van der Waals surface area contributed by atoms with Crippen LogP contribution in [0.25, 0.3) is 5.69 Å². The molecule has 0 saturated carbocycles. The van der Waals surface area contributed by atoms with Gasteiger partial charge in [0, 0.05) is 37.4 Å². The normalized spacial score (nSPS) is 25.2. The summed E-state index contributed by atoms with van der Waals surface area (Å²) in [5.41, 5.74) is 11.0. The number of nitrogens with two attached hydrogens (primary N) is 1. The van der Waals surface area contributed by atoms with Gasteiger partial charge in [0.25, 0.3) is 5.91 Å². The van der Waals surface area contributed by atoms with Crippen LogP contribution >= 0.6 is 0 Å². The van der Waals surface area contributed by atoms with Gasteiger partial charge in [0.1, 0.15) is 0 Å². The molecular formula is C23H32N4O2. The van der Waals surface area contributed by atoms with Crippen LogP contribution in [0.2, 0.25) is 0 Å². The van der Waals surface area contributed by atoms with Crippen molar-refractivity contribution in [2.75, 3.05) is 19.7 Å². The number of ether oxygens (including phenoxy) is 1. The van der Waals surface area contributed by atoms with Gasteiger partial charge in [0.15, 0.2) is 5.69 Å². The van der Waals surface area contributed by atoms with Gasteiger partial charge in [-0.3, -0.25) is 4.79 Å². The molecule has 1 aromatic carbocycles. The maximum Gasteiger partial charge on any atom is 0.274 e. The van der Waals surface area contributed by atoms with Crippen LogP contribution < -0.4 is 5.73 Å². The number of piperidine rings is 1. The number of nitrogens with zero attached hydrogens (tertiary/aromatic N) is 3. The lowest BCUT2D eigenvalue weighted by Crippen LogP contribution is -2.47. The quantitative estimate of drug-likeness (QED) is 0.865. The molecule has 6 heteroatoms. The second-order valence-electron chi connectivity index (χ2n) is 8.78. The molecule has 0 bridgehead atoms. The van der Waals surface area contributed by atoms with Crippen molar-refractivity contribution in [3.05, 3.63) is 46.8 Å². The summed E-state index contributed by atoms with van der Waals surface area (Å²) >= 11 is 0. The number of hydrogen-bond donors (Lipinski definition) is 1. The molecule has 29 heavy (non-hydrogen) atoms. The maximum absolute atomic E-state index is 13.2. The fraction of sp³-hybridized carbons (Fsp3) is 0.565. The molecular weight excluding hydrogens is 364 g/mol. The molecule has 2 saturated heterocycles. The molecule has 0 radical (unpaired) electrons. The molecule has 156 valence electrons. The highest BCUT2D eigenvalue weighted by molar-refractivity contribution is 5.92. The van der Waals surface area contributed by atoms with Crippen molar-refractivity contribution in [1.82, 2.24) is 14.7 Å². The highest BCUT2D eigenvalue weighted by Crippen LogP contribution is 2.28. The van der Waals surface area contributed by atoms with Crippen molar-refractivity contribution in [1.29, 1.82) is 0 Å². The lowest BCUT2D eigenvalue weighted by molar-refractivity contribution is -0.0440. The van der Waals surface area contributed by atoms with Crippen molar-refractivity contribution in [3.63, 3.8) is 0 Å². The average molecular weight is 397 g/mol. The summed E-state index contributed by atoms with van der Waals surface area (Å²) in [5.74, 6) is 0.377. The van der Waals surface area contributed by atoms with Crippen molar-refractivity contribution >= 4 is 5.91 Å². The molecule has 4 rings (SSSR count). The highest BCUT2D eigenvalue weighted by atomic mass is 16.5. The predicted molar refractivity (Wildman–Crippen MR) is 113 cm³/mol. The summed E-state index contributed by atoms with van der Waals surface area (Å²) in [7, 11) is 0. The van der Waals surface area contributed by atoms with Gasteiger partial charge >= 0.3 is 0 Å². The highest BCUT2D eigenvalue weighted by Gasteiger charge is 2.33. The Kier molecular flexibility index (Phi) is 5.74. The molecule has 2 aliphatic heterocycles. The van der Waals surface area contributed by atoms with Crippen LogP contribution in [-0.2, 0) is 4.74 Å². The predicted octanol–water partition coefficient (Wildman–Crippen LogP) is 3.16. The number of hydrogen-bond acceptors (Lipinski definition) is 4. The van der Waals surface area contributed by atoms with E-state index >= 15 is 0 Å². The lowest BCUT2D eigenvalue weighted by atomic mass is 9.87. The van der Waals surface area contributed by atoms with E-state index in [1.54, 1.807) is 0 Å². The number of rotatable bonds is 3. The van der Waals surface area contributed by atoms with Crippen molar-refractivity contribution < 1.29 is 9.53 Å². The van der Waals surface area contributed by atoms with Gasteiger partial charge in [-0.2, -0.15) is 5.10 Å².